The first-order chi connectivity index (χ1) is 12.2. The molecule has 3 nitrogen and oxygen atoms in total. The molecule has 4 heteroatoms. The van der Waals surface area contributed by atoms with E-state index >= 15 is 0 Å². The van der Waals surface area contributed by atoms with E-state index in [1.165, 1.54) is 62.5 Å². The third kappa shape index (κ3) is 11.9. The van der Waals surface area contributed by atoms with Crippen molar-refractivity contribution in [3.63, 3.8) is 0 Å². The fraction of sp³-hybridized carbons (Fsp3) is 0.727. The zero-order valence-corrected chi connectivity index (χ0v) is 17.9. The summed E-state index contributed by atoms with van der Waals surface area (Å²) in [6, 6.07) is 9.12. The molecule has 1 aromatic rings. The van der Waals surface area contributed by atoms with Crippen molar-refractivity contribution in [2.75, 3.05) is 6.16 Å². The molecule has 0 aliphatic heterocycles. The summed E-state index contributed by atoms with van der Waals surface area (Å²) < 4.78 is 10.7. The van der Waals surface area contributed by atoms with Crippen molar-refractivity contribution in [3.05, 3.63) is 35.4 Å². The van der Waals surface area contributed by atoms with Crippen molar-refractivity contribution in [2.45, 2.75) is 96.8 Å². The molecule has 0 aromatic heterocycles. The van der Waals surface area contributed by atoms with E-state index in [1.807, 2.05) is 0 Å². The van der Waals surface area contributed by atoms with Crippen LogP contribution in [-0.2, 0) is 16.4 Å². The van der Waals surface area contributed by atoms with E-state index in [9.17, 15) is 4.57 Å². The fourth-order valence-corrected chi connectivity index (χ4v) is 3.87. The van der Waals surface area contributed by atoms with Crippen LogP contribution in [0.15, 0.2) is 24.3 Å². The highest BCUT2D eigenvalue weighted by Crippen LogP contribution is 2.35. The molecule has 0 aliphatic carbocycles. The Kier molecular flexibility index (Phi) is 10.8. The smallest absolute Gasteiger partial charge is 0.324 e. The number of benzene rings is 1. The standard InChI is InChI=1S/C22H39O3P/c1-22(2,3)21-17-15-20(16-18-21)14-12-10-8-6-4-5-7-9-11-13-19-26(23,24)25/h15-18H,4-14,19H2,1-3H3,(H2,23,24,25). The third-order valence-corrected chi connectivity index (χ3v) is 5.88. The van der Waals surface area contributed by atoms with Gasteiger partial charge in [-0.1, -0.05) is 96.4 Å². The highest BCUT2D eigenvalue weighted by atomic mass is 31.2. The van der Waals surface area contributed by atoms with E-state index in [0.717, 1.165) is 12.8 Å². The van der Waals surface area contributed by atoms with Gasteiger partial charge in [-0.05, 0) is 35.8 Å². The van der Waals surface area contributed by atoms with Crippen molar-refractivity contribution >= 4 is 7.60 Å². The van der Waals surface area contributed by atoms with Gasteiger partial charge in [0.25, 0.3) is 0 Å². The number of rotatable bonds is 13. The molecule has 0 radical (unpaired) electrons. The van der Waals surface area contributed by atoms with Crippen LogP contribution in [0.4, 0.5) is 0 Å². The average molecular weight is 383 g/mol. The number of hydrogen-bond acceptors (Lipinski definition) is 1. The SMILES string of the molecule is CC(C)(C)c1ccc(CCCCCCCCCCCCP(=O)(O)O)cc1. The van der Waals surface area contributed by atoms with Gasteiger partial charge in [0.15, 0.2) is 0 Å². The minimum absolute atomic E-state index is 0.0476. The molecular weight excluding hydrogens is 343 g/mol. The normalized spacial score (nSPS) is 12.5. The quantitative estimate of drug-likeness (QED) is 0.298. The van der Waals surface area contributed by atoms with Crippen molar-refractivity contribution in [3.8, 4) is 0 Å². The molecule has 0 spiro atoms. The van der Waals surface area contributed by atoms with Crippen LogP contribution in [0, 0.1) is 0 Å². The molecule has 0 saturated carbocycles. The topological polar surface area (TPSA) is 57.5 Å². The maximum Gasteiger partial charge on any atom is 0.325 e. The molecule has 0 heterocycles. The molecule has 0 unspecified atom stereocenters. The Balaban J connectivity index is 1.94. The maximum atomic E-state index is 10.7. The third-order valence-electron chi connectivity index (χ3n) is 4.98. The summed E-state index contributed by atoms with van der Waals surface area (Å²) in [5.74, 6) is 0. The summed E-state index contributed by atoms with van der Waals surface area (Å²) in [5, 5.41) is 0. The summed E-state index contributed by atoms with van der Waals surface area (Å²) in [7, 11) is -3.78. The zero-order valence-electron chi connectivity index (χ0n) is 17.0. The fourth-order valence-electron chi connectivity index (χ4n) is 3.23. The van der Waals surface area contributed by atoms with Gasteiger partial charge in [0, 0.05) is 6.16 Å². The van der Waals surface area contributed by atoms with Crippen LogP contribution in [0.25, 0.3) is 0 Å². The van der Waals surface area contributed by atoms with Crippen LogP contribution >= 0.6 is 7.60 Å². The molecule has 0 atom stereocenters. The molecule has 1 aromatic carbocycles. The van der Waals surface area contributed by atoms with E-state index in [0.29, 0.717) is 6.42 Å². The lowest BCUT2D eigenvalue weighted by molar-refractivity contribution is 0.370. The van der Waals surface area contributed by atoms with Crippen LogP contribution < -0.4 is 0 Å². The van der Waals surface area contributed by atoms with Crippen LogP contribution in [0.3, 0.4) is 0 Å². The average Bonchev–Trinajstić information content (AvgIpc) is 2.54. The van der Waals surface area contributed by atoms with Gasteiger partial charge in [-0.15, -0.1) is 0 Å². The lowest BCUT2D eigenvalue weighted by atomic mass is 9.86. The molecular formula is C22H39O3P. The molecule has 2 N–H and O–H groups in total. The molecule has 1 rings (SSSR count). The molecule has 26 heavy (non-hydrogen) atoms. The highest BCUT2D eigenvalue weighted by molar-refractivity contribution is 7.51. The van der Waals surface area contributed by atoms with Gasteiger partial charge in [0.05, 0.1) is 0 Å². The van der Waals surface area contributed by atoms with Crippen molar-refractivity contribution < 1.29 is 14.4 Å². The van der Waals surface area contributed by atoms with Crippen LogP contribution in [0.2, 0.25) is 0 Å². The van der Waals surface area contributed by atoms with E-state index in [2.05, 4.69) is 45.0 Å². The van der Waals surface area contributed by atoms with E-state index in [4.69, 9.17) is 9.79 Å². The molecule has 150 valence electrons. The summed E-state index contributed by atoms with van der Waals surface area (Å²) in [4.78, 5) is 17.6. The van der Waals surface area contributed by atoms with E-state index < -0.39 is 7.60 Å². The summed E-state index contributed by atoms with van der Waals surface area (Å²) in [5.41, 5.74) is 3.09. The Bertz CT molecular complexity index is 525. The maximum absolute atomic E-state index is 10.7. The lowest BCUT2D eigenvalue weighted by Crippen LogP contribution is -2.10. The highest BCUT2D eigenvalue weighted by Gasteiger charge is 2.12. The predicted molar refractivity (Wildman–Crippen MR) is 112 cm³/mol. The van der Waals surface area contributed by atoms with E-state index in [-0.39, 0.29) is 11.6 Å². The van der Waals surface area contributed by atoms with Gasteiger partial charge in [0.2, 0.25) is 0 Å². The summed E-state index contributed by atoms with van der Waals surface area (Å²) in [6.45, 7) is 6.76. The second-order valence-electron chi connectivity index (χ2n) is 8.62. The van der Waals surface area contributed by atoms with Gasteiger partial charge in [-0.2, -0.15) is 0 Å². The molecule has 0 saturated heterocycles. The molecule has 0 amide bonds. The molecule has 0 bridgehead atoms. The summed E-state index contributed by atoms with van der Waals surface area (Å²) in [6.07, 6.45) is 12.9. The number of aryl methyl sites for hydroxylation is 1. The predicted octanol–water partition coefficient (Wildman–Crippen LogP) is 6.61. The first-order valence-electron chi connectivity index (χ1n) is 10.3. The Labute approximate surface area is 160 Å². The Morgan fingerprint density at radius 3 is 1.58 bits per heavy atom. The largest absolute Gasteiger partial charge is 0.325 e. The van der Waals surface area contributed by atoms with Gasteiger partial charge in [0.1, 0.15) is 0 Å². The van der Waals surface area contributed by atoms with Crippen LogP contribution in [-0.4, -0.2) is 15.9 Å². The Morgan fingerprint density at radius 2 is 1.15 bits per heavy atom. The van der Waals surface area contributed by atoms with Gasteiger partial charge in [-0.3, -0.25) is 4.57 Å². The van der Waals surface area contributed by atoms with Crippen molar-refractivity contribution in [1.29, 1.82) is 0 Å². The summed E-state index contributed by atoms with van der Waals surface area (Å²) >= 11 is 0. The molecule has 0 aliphatic rings. The monoisotopic (exact) mass is 382 g/mol. The van der Waals surface area contributed by atoms with Gasteiger partial charge < -0.3 is 9.79 Å². The van der Waals surface area contributed by atoms with E-state index in [1.54, 1.807) is 0 Å². The van der Waals surface area contributed by atoms with Crippen molar-refractivity contribution in [2.24, 2.45) is 0 Å². The first kappa shape index (κ1) is 23.4. The van der Waals surface area contributed by atoms with Crippen LogP contribution in [0.5, 0.6) is 0 Å². The second kappa shape index (κ2) is 12.0. The first-order valence-corrected chi connectivity index (χ1v) is 12.1. The zero-order chi connectivity index (χ0) is 19.5. The lowest BCUT2D eigenvalue weighted by Gasteiger charge is -2.19. The Morgan fingerprint density at radius 1 is 0.731 bits per heavy atom. The van der Waals surface area contributed by atoms with Gasteiger partial charge in [-0.25, -0.2) is 0 Å². The minimum atomic E-state index is -3.78. The van der Waals surface area contributed by atoms with Crippen LogP contribution in [0.1, 0.15) is 96.1 Å². The number of unbranched alkanes of at least 4 members (excludes halogenated alkanes) is 9. The number of hydrogen-bond donors (Lipinski definition) is 2. The molecule has 0 fully saturated rings. The van der Waals surface area contributed by atoms with Crippen molar-refractivity contribution in [1.82, 2.24) is 0 Å². The van der Waals surface area contributed by atoms with Gasteiger partial charge >= 0.3 is 7.60 Å². The minimum Gasteiger partial charge on any atom is -0.324 e. The Hall–Kier alpha value is -0.630. The second-order valence-corrected chi connectivity index (χ2v) is 10.4.